The molecule has 0 saturated carbocycles. The predicted molar refractivity (Wildman–Crippen MR) is 72.2 cm³/mol. The maximum Gasteiger partial charge on any atom is 0.354 e. The summed E-state index contributed by atoms with van der Waals surface area (Å²) in [6.45, 7) is 4.90. The van der Waals surface area contributed by atoms with Crippen molar-refractivity contribution < 1.29 is 14.7 Å². The van der Waals surface area contributed by atoms with Gasteiger partial charge in [-0.2, -0.15) is 0 Å². The van der Waals surface area contributed by atoms with Crippen LogP contribution in [0.2, 0.25) is 0 Å². The third-order valence-corrected chi connectivity index (χ3v) is 2.40. The molecule has 1 amide bonds. The van der Waals surface area contributed by atoms with Gasteiger partial charge in [0.15, 0.2) is 0 Å². The average molecular weight is 265 g/mol. The van der Waals surface area contributed by atoms with Gasteiger partial charge < -0.3 is 15.7 Å². The first-order valence-electron chi connectivity index (χ1n) is 6.21. The van der Waals surface area contributed by atoms with Crippen molar-refractivity contribution in [2.24, 2.45) is 0 Å². The highest BCUT2D eigenvalue weighted by molar-refractivity contribution is 5.91. The number of pyridine rings is 1. The molecular formula is C13H19N3O3. The van der Waals surface area contributed by atoms with Crippen molar-refractivity contribution in [3.8, 4) is 0 Å². The molecule has 1 aromatic heterocycles. The van der Waals surface area contributed by atoms with E-state index in [2.05, 4.69) is 29.5 Å². The highest BCUT2D eigenvalue weighted by Crippen LogP contribution is 2.07. The van der Waals surface area contributed by atoms with Crippen molar-refractivity contribution >= 4 is 17.6 Å². The third kappa shape index (κ3) is 5.96. The highest BCUT2D eigenvalue weighted by atomic mass is 16.4. The molecule has 19 heavy (non-hydrogen) atoms. The van der Waals surface area contributed by atoms with E-state index in [4.69, 9.17) is 5.11 Å². The lowest BCUT2D eigenvalue weighted by molar-refractivity contribution is -0.116. The van der Waals surface area contributed by atoms with Crippen molar-refractivity contribution in [3.05, 3.63) is 24.0 Å². The fourth-order valence-corrected chi connectivity index (χ4v) is 1.46. The van der Waals surface area contributed by atoms with E-state index in [1.165, 1.54) is 18.3 Å². The van der Waals surface area contributed by atoms with Crippen molar-refractivity contribution in [1.82, 2.24) is 10.3 Å². The molecular weight excluding hydrogens is 246 g/mol. The van der Waals surface area contributed by atoms with Crippen LogP contribution in [0, 0.1) is 0 Å². The van der Waals surface area contributed by atoms with Gasteiger partial charge in [-0.3, -0.25) is 4.79 Å². The minimum atomic E-state index is -1.09. The van der Waals surface area contributed by atoms with Crippen LogP contribution in [0.3, 0.4) is 0 Å². The van der Waals surface area contributed by atoms with E-state index in [1.54, 1.807) is 0 Å². The van der Waals surface area contributed by atoms with Crippen LogP contribution in [0.1, 0.15) is 37.2 Å². The monoisotopic (exact) mass is 265 g/mol. The number of aromatic carboxylic acids is 1. The van der Waals surface area contributed by atoms with Gasteiger partial charge in [0.05, 0.1) is 11.9 Å². The molecule has 0 saturated heterocycles. The van der Waals surface area contributed by atoms with Crippen LogP contribution < -0.4 is 10.6 Å². The second kappa shape index (κ2) is 7.48. The molecule has 0 unspecified atom stereocenters. The summed E-state index contributed by atoms with van der Waals surface area (Å²) >= 11 is 0. The number of hydrogen-bond donors (Lipinski definition) is 3. The second-order valence-corrected chi connectivity index (χ2v) is 4.50. The zero-order chi connectivity index (χ0) is 14.3. The molecule has 0 aromatic carbocycles. The smallest absolute Gasteiger partial charge is 0.354 e. The van der Waals surface area contributed by atoms with Crippen LogP contribution in [0.5, 0.6) is 0 Å². The molecule has 1 aromatic rings. The normalized spacial score (nSPS) is 10.5. The molecule has 0 radical (unpaired) electrons. The first kappa shape index (κ1) is 15.1. The number of amides is 1. The molecule has 6 heteroatoms. The Bertz CT molecular complexity index is 429. The zero-order valence-electron chi connectivity index (χ0n) is 11.1. The van der Waals surface area contributed by atoms with Crippen LogP contribution in [-0.2, 0) is 4.79 Å². The maximum atomic E-state index is 11.6. The molecule has 6 nitrogen and oxygen atoms in total. The number of nitrogens with one attached hydrogen (secondary N) is 2. The fourth-order valence-electron chi connectivity index (χ4n) is 1.46. The van der Waals surface area contributed by atoms with Crippen LogP contribution in [-0.4, -0.2) is 34.6 Å². The number of hydrogen-bond acceptors (Lipinski definition) is 4. The number of aromatic nitrogens is 1. The lowest BCUT2D eigenvalue weighted by atomic mass is 10.2. The molecule has 0 spiro atoms. The van der Waals surface area contributed by atoms with Crippen LogP contribution >= 0.6 is 0 Å². The van der Waals surface area contributed by atoms with Crippen LogP contribution in [0.15, 0.2) is 18.3 Å². The summed E-state index contributed by atoms with van der Waals surface area (Å²) in [5.74, 6) is -1.19. The molecule has 1 heterocycles. The Morgan fingerprint density at radius 3 is 2.63 bits per heavy atom. The van der Waals surface area contributed by atoms with Crippen molar-refractivity contribution in [3.63, 3.8) is 0 Å². The zero-order valence-corrected chi connectivity index (χ0v) is 11.1. The predicted octanol–water partition coefficient (Wildman–Crippen LogP) is 1.50. The summed E-state index contributed by atoms with van der Waals surface area (Å²) < 4.78 is 0. The van der Waals surface area contributed by atoms with E-state index < -0.39 is 5.97 Å². The van der Waals surface area contributed by atoms with Crippen molar-refractivity contribution in [2.45, 2.75) is 32.7 Å². The third-order valence-electron chi connectivity index (χ3n) is 2.40. The van der Waals surface area contributed by atoms with E-state index in [9.17, 15) is 9.59 Å². The number of rotatable bonds is 7. The number of carboxylic acid groups (broad SMARTS) is 1. The Morgan fingerprint density at radius 2 is 2.11 bits per heavy atom. The van der Waals surface area contributed by atoms with Gasteiger partial charge in [0.1, 0.15) is 5.69 Å². The van der Waals surface area contributed by atoms with Crippen molar-refractivity contribution in [1.29, 1.82) is 0 Å². The van der Waals surface area contributed by atoms with E-state index >= 15 is 0 Å². The van der Waals surface area contributed by atoms with Gasteiger partial charge in [0.25, 0.3) is 0 Å². The molecule has 104 valence electrons. The summed E-state index contributed by atoms with van der Waals surface area (Å²) in [6, 6.07) is 3.30. The number of carboxylic acids is 1. The number of anilines is 1. The molecule has 0 fully saturated rings. The fraction of sp³-hybridized carbons (Fsp3) is 0.462. The Hall–Kier alpha value is -1.95. The SMILES string of the molecule is CC(C)NCCCC(=O)Nc1ccc(C(=O)O)nc1. The Labute approximate surface area is 112 Å². The van der Waals surface area contributed by atoms with Gasteiger partial charge in [-0.05, 0) is 25.1 Å². The summed E-state index contributed by atoms with van der Waals surface area (Å²) in [6.07, 6.45) is 2.51. The number of carbonyl (C=O) groups is 2. The van der Waals surface area contributed by atoms with Gasteiger partial charge >= 0.3 is 5.97 Å². The molecule has 0 aliphatic carbocycles. The number of carbonyl (C=O) groups excluding carboxylic acids is 1. The maximum absolute atomic E-state index is 11.6. The largest absolute Gasteiger partial charge is 0.477 e. The second-order valence-electron chi connectivity index (χ2n) is 4.50. The van der Waals surface area contributed by atoms with E-state index in [-0.39, 0.29) is 11.6 Å². The van der Waals surface area contributed by atoms with E-state index in [0.29, 0.717) is 18.2 Å². The highest BCUT2D eigenvalue weighted by Gasteiger charge is 2.06. The molecule has 3 N–H and O–H groups in total. The molecule has 0 aliphatic heterocycles. The molecule has 0 bridgehead atoms. The van der Waals surface area contributed by atoms with Crippen molar-refractivity contribution in [2.75, 3.05) is 11.9 Å². The lowest BCUT2D eigenvalue weighted by Crippen LogP contribution is -2.24. The molecule has 0 atom stereocenters. The van der Waals surface area contributed by atoms with E-state index in [0.717, 1.165) is 13.0 Å². The van der Waals surface area contributed by atoms with Gasteiger partial charge in [-0.25, -0.2) is 9.78 Å². The summed E-state index contributed by atoms with van der Waals surface area (Å²) in [7, 11) is 0. The Balaban J connectivity index is 2.34. The van der Waals surface area contributed by atoms with Crippen LogP contribution in [0.25, 0.3) is 0 Å². The minimum Gasteiger partial charge on any atom is -0.477 e. The van der Waals surface area contributed by atoms with Gasteiger partial charge in [-0.15, -0.1) is 0 Å². The van der Waals surface area contributed by atoms with Gasteiger partial charge in [0, 0.05) is 12.5 Å². The first-order valence-corrected chi connectivity index (χ1v) is 6.21. The van der Waals surface area contributed by atoms with Gasteiger partial charge in [-0.1, -0.05) is 13.8 Å². The molecule has 1 rings (SSSR count). The summed E-state index contributed by atoms with van der Waals surface area (Å²) in [5, 5.41) is 14.6. The molecule has 0 aliphatic rings. The van der Waals surface area contributed by atoms with Gasteiger partial charge in [0.2, 0.25) is 5.91 Å². The Kier molecular flexibility index (Phi) is 5.95. The quantitative estimate of drug-likeness (QED) is 0.650. The summed E-state index contributed by atoms with van der Waals surface area (Å²) in [5.41, 5.74) is 0.464. The Morgan fingerprint density at radius 1 is 1.37 bits per heavy atom. The summed E-state index contributed by atoms with van der Waals surface area (Å²) in [4.78, 5) is 25.9. The topological polar surface area (TPSA) is 91.3 Å². The average Bonchev–Trinajstić information content (AvgIpc) is 2.35. The van der Waals surface area contributed by atoms with E-state index in [1.807, 2.05) is 0 Å². The first-order chi connectivity index (χ1) is 8.99. The van der Waals surface area contributed by atoms with Crippen LogP contribution in [0.4, 0.5) is 5.69 Å². The lowest BCUT2D eigenvalue weighted by Gasteiger charge is -2.08. The minimum absolute atomic E-state index is 0.0425. The number of nitrogens with zero attached hydrogens (tertiary/aromatic N) is 1. The standard InChI is InChI=1S/C13H19N3O3/c1-9(2)14-7-3-4-12(17)16-10-5-6-11(13(18)19)15-8-10/h5-6,8-9,14H,3-4,7H2,1-2H3,(H,16,17)(H,18,19).